The van der Waals surface area contributed by atoms with Crippen molar-refractivity contribution in [3.63, 3.8) is 0 Å². The first kappa shape index (κ1) is 17.3. The Bertz CT molecular complexity index is 784. The van der Waals surface area contributed by atoms with Crippen LogP contribution in [0.1, 0.15) is 49.5 Å². The summed E-state index contributed by atoms with van der Waals surface area (Å²) in [5.41, 5.74) is 6.95. The number of fused-ring (bicyclic) bond motifs is 1. The van der Waals surface area contributed by atoms with Gasteiger partial charge in [-0.1, -0.05) is 31.4 Å². The second-order valence-corrected chi connectivity index (χ2v) is 6.50. The molecule has 0 spiro atoms. The quantitative estimate of drug-likeness (QED) is 0.787. The Morgan fingerprint density at radius 3 is 2.40 bits per heavy atom. The van der Waals surface area contributed by atoms with Crippen LogP contribution in [0.3, 0.4) is 0 Å². The standard InChI is InChI=1S/C18H23N5O2/c1-11(19)17(24)23-16-15(18(25)20-12-7-3-2-4-8-12)21-13-9-5-6-10-14(13)22-16/h5-6,9-12H,2-4,7-8,19H2,1H3,(H,20,25)(H,22,23,24). The number of hydrogen-bond donors (Lipinski definition) is 3. The van der Waals surface area contributed by atoms with Gasteiger partial charge >= 0.3 is 0 Å². The third kappa shape index (κ3) is 4.11. The molecule has 1 aromatic carbocycles. The van der Waals surface area contributed by atoms with Gasteiger partial charge in [0.05, 0.1) is 17.1 Å². The zero-order chi connectivity index (χ0) is 17.8. The number of hydrogen-bond acceptors (Lipinski definition) is 5. The highest BCUT2D eigenvalue weighted by Crippen LogP contribution is 2.20. The van der Waals surface area contributed by atoms with E-state index in [0.717, 1.165) is 25.7 Å². The van der Waals surface area contributed by atoms with E-state index in [1.54, 1.807) is 19.1 Å². The lowest BCUT2D eigenvalue weighted by Gasteiger charge is -2.23. The number of carbonyl (C=O) groups is 2. The number of benzene rings is 1. The van der Waals surface area contributed by atoms with Crippen LogP contribution in [-0.2, 0) is 4.79 Å². The molecule has 25 heavy (non-hydrogen) atoms. The minimum Gasteiger partial charge on any atom is -0.348 e. The van der Waals surface area contributed by atoms with E-state index in [1.807, 2.05) is 12.1 Å². The zero-order valence-electron chi connectivity index (χ0n) is 14.3. The summed E-state index contributed by atoms with van der Waals surface area (Å²) in [4.78, 5) is 33.5. The molecule has 0 radical (unpaired) electrons. The fraction of sp³-hybridized carbons (Fsp3) is 0.444. The lowest BCUT2D eigenvalue weighted by atomic mass is 9.95. The number of nitrogens with zero attached hydrogens (tertiary/aromatic N) is 2. The van der Waals surface area contributed by atoms with E-state index >= 15 is 0 Å². The highest BCUT2D eigenvalue weighted by Gasteiger charge is 2.22. The maximum atomic E-state index is 12.7. The van der Waals surface area contributed by atoms with Crippen LogP contribution in [-0.4, -0.2) is 33.9 Å². The van der Waals surface area contributed by atoms with E-state index in [-0.39, 0.29) is 23.5 Å². The number of anilines is 1. The monoisotopic (exact) mass is 341 g/mol. The summed E-state index contributed by atoms with van der Waals surface area (Å²) in [7, 11) is 0. The normalized spacial score (nSPS) is 16.4. The first-order chi connectivity index (χ1) is 12.0. The van der Waals surface area contributed by atoms with Gasteiger partial charge in [0.2, 0.25) is 5.91 Å². The van der Waals surface area contributed by atoms with Gasteiger partial charge in [-0.15, -0.1) is 0 Å². The summed E-state index contributed by atoms with van der Waals surface area (Å²) in [6.45, 7) is 1.57. The smallest absolute Gasteiger partial charge is 0.273 e. The highest BCUT2D eigenvalue weighted by atomic mass is 16.2. The van der Waals surface area contributed by atoms with Gasteiger partial charge < -0.3 is 16.4 Å². The van der Waals surface area contributed by atoms with Crippen molar-refractivity contribution in [1.29, 1.82) is 0 Å². The summed E-state index contributed by atoms with van der Waals surface area (Å²) >= 11 is 0. The predicted octanol–water partition coefficient (Wildman–Crippen LogP) is 1.98. The zero-order valence-corrected chi connectivity index (χ0v) is 14.3. The van der Waals surface area contributed by atoms with Crippen LogP contribution in [0.4, 0.5) is 5.82 Å². The Morgan fingerprint density at radius 1 is 1.12 bits per heavy atom. The third-order valence-corrected chi connectivity index (χ3v) is 4.38. The Morgan fingerprint density at radius 2 is 1.76 bits per heavy atom. The van der Waals surface area contributed by atoms with Crippen LogP contribution in [0, 0.1) is 0 Å². The second-order valence-electron chi connectivity index (χ2n) is 6.50. The molecule has 1 atom stereocenters. The van der Waals surface area contributed by atoms with Gasteiger partial charge in [0.1, 0.15) is 0 Å². The number of rotatable bonds is 4. The second kappa shape index (κ2) is 7.57. The van der Waals surface area contributed by atoms with Gasteiger partial charge in [0, 0.05) is 6.04 Å². The lowest BCUT2D eigenvalue weighted by molar-refractivity contribution is -0.117. The van der Waals surface area contributed by atoms with E-state index in [1.165, 1.54) is 6.42 Å². The molecule has 0 saturated heterocycles. The molecule has 0 aliphatic heterocycles. The van der Waals surface area contributed by atoms with E-state index < -0.39 is 11.9 Å². The molecule has 7 heteroatoms. The fourth-order valence-corrected chi connectivity index (χ4v) is 2.98. The average Bonchev–Trinajstić information content (AvgIpc) is 2.61. The lowest BCUT2D eigenvalue weighted by Crippen LogP contribution is -2.38. The minimum atomic E-state index is -0.706. The number of nitrogens with one attached hydrogen (secondary N) is 2. The molecule has 3 rings (SSSR count). The topological polar surface area (TPSA) is 110 Å². The van der Waals surface area contributed by atoms with Crippen molar-refractivity contribution in [3.8, 4) is 0 Å². The summed E-state index contributed by atoms with van der Waals surface area (Å²) in [5, 5.41) is 5.64. The predicted molar refractivity (Wildman–Crippen MR) is 96.2 cm³/mol. The summed E-state index contributed by atoms with van der Waals surface area (Å²) in [5.74, 6) is -0.573. The van der Waals surface area contributed by atoms with E-state index in [0.29, 0.717) is 11.0 Å². The van der Waals surface area contributed by atoms with Gasteiger partial charge in [-0.05, 0) is 31.9 Å². The van der Waals surface area contributed by atoms with Crippen molar-refractivity contribution in [2.45, 2.75) is 51.1 Å². The molecule has 1 heterocycles. The average molecular weight is 341 g/mol. The van der Waals surface area contributed by atoms with Crippen LogP contribution < -0.4 is 16.4 Å². The van der Waals surface area contributed by atoms with Crippen LogP contribution in [0.25, 0.3) is 11.0 Å². The molecule has 1 saturated carbocycles. The number of para-hydroxylation sites is 2. The molecule has 1 unspecified atom stereocenters. The Labute approximate surface area is 146 Å². The van der Waals surface area contributed by atoms with E-state index in [2.05, 4.69) is 20.6 Å². The van der Waals surface area contributed by atoms with Crippen molar-refractivity contribution in [2.75, 3.05) is 5.32 Å². The van der Waals surface area contributed by atoms with Gasteiger partial charge in [0.15, 0.2) is 11.5 Å². The summed E-state index contributed by atoms with van der Waals surface area (Å²) in [6.07, 6.45) is 5.37. The maximum Gasteiger partial charge on any atom is 0.273 e. The molecule has 2 aromatic rings. The molecule has 132 valence electrons. The molecule has 1 aliphatic carbocycles. The largest absolute Gasteiger partial charge is 0.348 e. The van der Waals surface area contributed by atoms with Gasteiger partial charge in [-0.3, -0.25) is 9.59 Å². The first-order valence-corrected chi connectivity index (χ1v) is 8.68. The van der Waals surface area contributed by atoms with E-state index in [4.69, 9.17) is 5.73 Å². The number of carbonyl (C=O) groups excluding carboxylic acids is 2. The van der Waals surface area contributed by atoms with Crippen molar-refractivity contribution in [3.05, 3.63) is 30.0 Å². The Balaban J connectivity index is 1.92. The molecule has 1 aromatic heterocycles. The van der Waals surface area contributed by atoms with Gasteiger partial charge in [-0.2, -0.15) is 0 Å². The van der Waals surface area contributed by atoms with Crippen LogP contribution in [0.2, 0.25) is 0 Å². The van der Waals surface area contributed by atoms with Crippen molar-refractivity contribution in [1.82, 2.24) is 15.3 Å². The molecule has 1 fully saturated rings. The number of aromatic nitrogens is 2. The van der Waals surface area contributed by atoms with Crippen LogP contribution in [0.15, 0.2) is 24.3 Å². The van der Waals surface area contributed by atoms with Crippen LogP contribution in [0.5, 0.6) is 0 Å². The molecule has 2 amide bonds. The minimum absolute atomic E-state index is 0.123. The van der Waals surface area contributed by atoms with Gasteiger partial charge in [-0.25, -0.2) is 9.97 Å². The SMILES string of the molecule is CC(N)C(=O)Nc1nc2ccccc2nc1C(=O)NC1CCCCC1. The highest BCUT2D eigenvalue weighted by molar-refractivity contribution is 6.03. The molecular weight excluding hydrogens is 318 g/mol. The van der Waals surface area contributed by atoms with Crippen LogP contribution >= 0.6 is 0 Å². The fourth-order valence-electron chi connectivity index (χ4n) is 2.98. The van der Waals surface area contributed by atoms with E-state index in [9.17, 15) is 9.59 Å². The molecule has 0 bridgehead atoms. The first-order valence-electron chi connectivity index (χ1n) is 8.68. The maximum absolute atomic E-state index is 12.7. The number of amides is 2. The third-order valence-electron chi connectivity index (χ3n) is 4.38. The summed E-state index contributed by atoms with van der Waals surface area (Å²) < 4.78 is 0. The molecule has 7 nitrogen and oxygen atoms in total. The Hall–Kier alpha value is -2.54. The molecular formula is C18H23N5O2. The molecule has 4 N–H and O–H groups in total. The number of nitrogens with two attached hydrogens (primary N) is 1. The molecule has 1 aliphatic rings. The van der Waals surface area contributed by atoms with Crippen molar-refractivity contribution < 1.29 is 9.59 Å². The van der Waals surface area contributed by atoms with Crippen molar-refractivity contribution in [2.24, 2.45) is 5.73 Å². The Kier molecular flexibility index (Phi) is 5.23. The summed E-state index contributed by atoms with van der Waals surface area (Å²) in [6, 6.07) is 6.67. The van der Waals surface area contributed by atoms with Gasteiger partial charge in [0.25, 0.3) is 5.91 Å². The van der Waals surface area contributed by atoms with Crippen molar-refractivity contribution >= 4 is 28.7 Å².